The van der Waals surface area contributed by atoms with E-state index in [4.69, 9.17) is 0 Å². The Labute approximate surface area is 275 Å². The van der Waals surface area contributed by atoms with Gasteiger partial charge in [0.05, 0.1) is 0 Å². The van der Waals surface area contributed by atoms with Crippen LogP contribution in [0, 0.1) is 23.7 Å². The van der Waals surface area contributed by atoms with Gasteiger partial charge in [0.2, 0.25) is 0 Å². The van der Waals surface area contributed by atoms with Crippen LogP contribution in [0.2, 0.25) is 0 Å². The monoisotopic (exact) mass is 708 g/mol. The summed E-state index contributed by atoms with van der Waals surface area (Å²) in [5.74, 6) is 3.73. The van der Waals surface area contributed by atoms with Crippen molar-refractivity contribution in [2.24, 2.45) is 23.7 Å². The molecule has 0 aromatic rings. The number of hydrogen-bond acceptors (Lipinski definition) is 0. The number of hydrogen-bond donors (Lipinski definition) is 0. The first-order valence-electron chi connectivity index (χ1n) is 16.5. The smallest absolute Gasteiger partial charge is 1.00 e. The zero-order chi connectivity index (χ0) is 25.7. The number of allylic oxidation sites excluding steroid dienone is 4. The molecule has 0 aromatic carbocycles. The molecular formula is C34H62Cl2P2Pd. The van der Waals surface area contributed by atoms with Gasteiger partial charge in [-0.25, -0.2) is 0 Å². The van der Waals surface area contributed by atoms with Gasteiger partial charge in [-0.15, -0.1) is 18.5 Å². The van der Waals surface area contributed by atoms with Crippen molar-refractivity contribution >= 4 is 18.5 Å². The van der Waals surface area contributed by atoms with E-state index in [2.05, 4.69) is 56.6 Å². The van der Waals surface area contributed by atoms with E-state index in [9.17, 15) is 0 Å². The fraction of sp³-hybridized carbons (Fsp3) is 0.882. The molecule has 0 heterocycles. The molecule has 0 spiro atoms. The van der Waals surface area contributed by atoms with Crippen LogP contribution in [0.5, 0.6) is 0 Å². The summed E-state index contributed by atoms with van der Waals surface area (Å²) in [6.45, 7) is 4.53. The molecule has 0 aromatic heterocycles. The molecule has 4 rings (SSSR count). The Hall–Kier alpha value is 1.58. The first kappa shape index (κ1) is 40.6. The summed E-state index contributed by atoms with van der Waals surface area (Å²) in [6.07, 6.45) is 41.8. The molecule has 0 N–H and O–H groups in total. The summed E-state index contributed by atoms with van der Waals surface area (Å²) in [7, 11) is 6.63. The third-order valence-electron chi connectivity index (χ3n) is 10.5. The topological polar surface area (TPSA) is 0 Å². The van der Waals surface area contributed by atoms with Crippen LogP contribution in [0.4, 0.5) is 0 Å². The minimum atomic E-state index is 0. The van der Waals surface area contributed by atoms with Gasteiger partial charge in [0.15, 0.2) is 0 Å². The van der Waals surface area contributed by atoms with E-state index in [1.807, 2.05) is 0 Å². The van der Waals surface area contributed by atoms with E-state index >= 15 is 0 Å². The molecule has 0 aliphatic heterocycles. The first-order chi connectivity index (χ1) is 17.5. The summed E-state index contributed by atoms with van der Waals surface area (Å²) < 4.78 is 0. The Morgan fingerprint density at radius 1 is 0.462 bits per heavy atom. The average Bonchev–Trinajstić information content (AvgIpc) is 2.97. The maximum atomic E-state index is 3.31. The summed E-state index contributed by atoms with van der Waals surface area (Å²) in [5.41, 5.74) is 0. The van der Waals surface area contributed by atoms with Gasteiger partial charge in [-0.3, -0.25) is 0 Å². The Balaban J connectivity index is 0.000000688. The van der Waals surface area contributed by atoms with Gasteiger partial charge in [-0.1, -0.05) is 115 Å². The van der Waals surface area contributed by atoms with Gasteiger partial charge in [-0.05, 0) is 87.9 Å². The third-order valence-corrected chi connectivity index (χ3v) is 12.8. The fourth-order valence-electron chi connectivity index (χ4n) is 8.27. The molecule has 4 saturated carbocycles. The fourth-order valence-corrected chi connectivity index (χ4v) is 9.87. The van der Waals surface area contributed by atoms with Gasteiger partial charge in [-0.2, -0.15) is 0 Å². The van der Waals surface area contributed by atoms with E-state index in [-0.39, 0.29) is 45.2 Å². The van der Waals surface area contributed by atoms with Crippen molar-refractivity contribution < 1.29 is 45.2 Å². The van der Waals surface area contributed by atoms with Crippen molar-refractivity contribution in [3.63, 3.8) is 0 Å². The Bertz CT molecular complexity index is 552. The quantitative estimate of drug-likeness (QED) is 0.179. The normalized spacial score (nSPS) is 22.9. The Kier molecular flexibility index (Phi) is 23.0. The maximum absolute atomic E-state index is 3.31. The van der Waals surface area contributed by atoms with Gasteiger partial charge in [0.25, 0.3) is 0 Å². The van der Waals surface area contributed by atoms with Crippen molar-refractivity contribution in [2.45, 2.75) is 165 Å². The van der Waals surface area contributed by atoms with E-state index in [0.29, 0.717) is 10.3 Å². The third kappa shape index (κ3) is 12.2. The van der Waals surface area contributed by atoms with Crippen LogP contribution >= 0.6 is 18.5 Å². The van der Waals surface area contributed by atoms with Gasteiger partial charge in [0, 0.05) is 10.3 Å². The SMILES string of the molecule is CCC=CC(P)(C1CCCCC1)C1CCCCC1.CCC=CC(P)(C1CCCCC1)C1CCCCC1.[Cl-].[Cl-].[Pd+2]. The predicted octanol–water partition coefficient (Wildman–Crippen LogP) is 5.46. The van der Waals surface area contributed by atoms with Crippen molar-refractivity contribution in [3.05, 3.63) is 24.3 Å². The summed E-state index contributed by atoms with van der Waals surface area (Å²) in [5, 5.41) is 0.855. The summed E-state index contributed by atoms with van der Waals surface area (Å²) in [4.78, 5) is 0. The second kappa shape index (κ2) is 22.1. The molecule has 0 nitrogen and oxygen atoms in total. The maximum Gasteiger partial charge on any atom is 2.00 e. The molecule has 39 heavy (non-hydrogen) atoms. The first-order valence-corrected chi connectivity index (χ1v) is 17.6. The standard InChI is InChI=1S/2C17H31P.2ClH.Pd/c2*1-2-3-14-17(18,15-10-6-4-7-11-15)16-12-8-5-9-13-16;;;/h2*3,14-16H,2,4-13,18H2,1H3;2*1H;/q;;;;+2/p-2. The van der Waals surface area contributed by atoms with Crippen molar-refractivity contribution in [3.8, 4) is 0 Å². The molecule has 4 aliphatic carbocycles. The van der Waals surface area contributed by atoms with Crippen LogP contribution in [0.1, 0.15) is 155 Å². The largest absolute Gasteiger partial charge is 2.00 e. The molecule has 4 fully saturated rings. The molecule has 2 unspecified atom stereocenters. The predicted molar refractivity (Wildman–Crippen MR) is 170 cm³/mol. The molecule has 5 heteroatoms. The number of halogens is 2. The van der Waals surface area contributed by atoms with Crippen molar-refractivity contribution in [1.82, 2.24) is 0 Å². The Morgan fingerprint density at radius 2 is 0.667 bits per heavy atom. The zero-order valence-corrected chi connectivity index (χ0v) is 30.8. The molecular weight excluding hydrogens is 648 g/mol. The Morgan fingerprint density at radius 3 is 0.846 bits per heavy atom. The van der Waals surface area contributed by atoms with Crippen LogP contribution in [0.25, 0.3) is 0 Å². The summed E-state index contributed by atoms with van der Waals surface area (Å²) >= 11 is 0. The molecule has 0 bridgehead atoms. The van der Waals surface area contributed by atoms with Crippen LogP contribution in [0.15, 0.2) is 24.3 Å². The minimum absolute atomic E-state index is 0. The van der Waals surface area contributed by atoms with Crippen molar-refractivity contribution in [2.75, 3.05) is 0 Å². The molecule has 0 saturated heterocycles. The van der Waals surface area contributed by atoms with Gasteiger partial charge >= 0.3 is 20.4 Å². The van der Waals surface area contributed by atoms with E-state index in [1.54, 1.807) is 0 Å². The zero-order valence-electron chi connectivity index (χ0n) is 25.4. The number of rotatable bonds is 8. The molecule has 0 radical (unpaired) electrons. The van der Waals surface area contributed by atoms with Gasteiger partial charge in [0.1, 0.15) is 0 Å². The van der Waals surface area contributed by atoms with Crippen LogP contribution < -0.4 is 24.8 Å². The minimum Gasteiger partial charge on any atom is -1.00 e. The molecule has 2 atom stereocenters. The molecule has 0 amide bonds. The second-order valence-corrected chi connectivity index (χ2v) is 15.0. The van der Waals surface area contributed by atoms with Crippen LogP contribution in [-0.4, -0.2) is 10.3 Å². The molecule has 4 aliphatic rings. The van der Waals surface area contributed by atoms with E-state index in [1.165, 1.54) is 141 Å². The van der Waals surface area contributed by atoms with Crippen LogP contribution in [-0.2, 0) is 20.4 Å². The van der Waals surface area contributed by atoms with Crippen LogP contribution in [0.3, 0.4) is 0 Å². The van der Waals surface area contributed by atoms with Gasteiger partial charge < -0.3 is 24.8 Å². The second-order valence-electron chi connectivity index (χ2n) is 13.0. The average molecular weight is 710 g/mol. The van der Waals surface area contributed by atoms with E-state index < -0.39 is 0 Å². The summed E-state index contributed by atoms with van der Waals surface area (Å²) in [6, 6.07) is 0. The molecule has 232 valence electrons. The van der Waals surface area contributed by atoms with Crippen molar-refractivity contribution in [1.29, 1.82) is 0 Å². The van der Waals surface area contributed by atoms with E-state index in [0.717, 1.165) is 23.7 Å².